The van der Waals surface area contributed by atoms with E-state index in [2.05, 4.69) is 0 Å². The van der Waals surface area contributed by atoms with Gasteiger partial charge in [-0.3, -0.25) is 0 Å². The van der Waals surface area contributed by atoms with Gasteiger partial charge in [-0.15, -0.1) is 0 Å². The van der Waals surface area contributed by atoms with E-state index in [9.17, 15) is 0 Å². The molecular weight excluding hydrogens is 148 g/mol. The van der Waals surface area contributed by atoms with Crippen LogP contribution in [-0.2, 0) is 0 Å². The Labute approximate surface area is 64.0 Å². The Hall–Kier alpha value is -0.670. The third kappa shape index (κ3) is 1.65. The van der Waals surface area contributed by atoms with Crippen molar-refractivity contribution in [1.29, 1.82) is 0 Å². The number of ether oxygens (including phenoxy) is 1. The predicted octanol–water partition coefficient (Wildman–Crippen LogP) is 2.26. The van der Waals surface area contributed by atoms with Crippen molar-refractivity contribution >= 4 is 12.0 Å². The molecule has 0 aliphatic heterocycles. The molecule has 1 aromatic rings. The summed E-state index contributed by atoms with van der Waals surface area (Å²) < 4.78 is 13.5. The fourth-order valence-electron chi connectivity index (χ4n) is 0.637. The van der Waals surface area contributed by atoms with Gasteiger partial charge in [0.15, 0.2) is 0 Å². The number of hydrogen-bond acceptors (Lipinski definition) is 3. The summed E-state index contributed by atoms with van der Waals surface area (Å²) in [7, 11) is 1.61. The van der Waals surface area contributed by atoms with Crippen molar-refractivity contribution in [3.05, 3.63) is 24.3 Å². The maximum atomic E-state index is 8.58. The van der Waals surface area contributed by atoms with E-state index in [1.165, 1.54) is 0 Å². The van der Waals surface area contributed by atoms with Crippen molar-refractivity contribution in [3.8, 4) is 5.75 Å². The van der Waals surface area contributed by atoms with Gasteiger partial charge in [-0.1, -0.05) is 0 Å². The molecule has 0 saturated heterocycles. The summed E-state index contributed by atoms with van der Waals surface area (Å²) in [5, 5.41) is 0. The molecule has 0 bridgehead atoms. The minimum absolute atomic E-state index is 0.732. The molecule has 0 aromatic heterocycles. The summed E-state index contributed by atoms with van der Waals surface area (Å²) >= 11 is 0.732. The topological polar surface area (TPSA) is 29.5 Å². The van der Waals surface area contributed by atoms with Gasteiger partial charge >= 0.3 is 0 Å². The standard InChI is InChI=1S/C7H8O2S/c1-9-6-2-4-7(10-8)5-3-6/h2-5,8H,1H3. The van der Waals surface area contributed by atoms with Gasteiger partial charge in [0.25, 0.3) is 0 Å². The van der Waals surface area contributed by atoms with Crippen molar-refractivity contribution in [2.24, 2.45) is 0 Å². The highest BCUT2D eigenvalue weighted by Gasteiger charge is 1.90. The molecule has 0 aliphatic rings. The van der Waals surface area contributed by atoms with E-state index < -0.39 is 0 Å². The van der Waals surface area contributed by atoms with Crippen molar-refractivity contribution in [1.82, 2.24) is 0 Å². The van der Waals surface area contributed by atoms with Crippen LogP contribution in [0.3, 0.4) is 0 Å². The lowest BCUT2D eigenvalue weighted by molar-refractivity contribution is 0.414. The zero-order chi connectivity index (χ0) is 7.40. The van der Waals surface area contributed by atoms with Crippen LogP contribution >= 0.6 is 12.0 Å². The third-order valence-electron chi connectivity index (χ3n) is 1.16. The average molecular weight is 156 g/mol. The molecule has 0 fully saturated rings. The van der Waals surface area contributed by atoms with Gasteiger partial charge in [-0.25, -0.2) is 0 Å². The normalized spacial score (nSPS) is 9.40. The average Bonchev–Trinajstić information content (AvgIpc) is 2.05. The van der Waals surface area contributed by atoms with E-state index in [1.54, 1.807) is 31.4 Å². The van der Waals surface area contributed by atoms with Gasteiger partial charge in [0.05, 0.1) is 7.11 Å². The highest BCUT2D eigenvalue weighted by atomic mass is 32.2. The number of methoxy groups -OCH3 is 1. The van der Waals surface area contributed by atoms with E-state index in [1.807, 2.05) is 0 Å². The maximum Gasteiger partial charge on any atom is 0.118 e. The Balaban J connectivity index is 2.80. The predicted molar refractivity (Wildman–Crippen MR) is 41.5 cm³/mol. The highest BCUT2D eigenvalue weighted by molar-refractivity contribution is 7.93. The molecular formula is C7H8O2S. The molecule has 0 aliphatic carbocycles. The second-order valence-electron chi connectivity index (χ2n) is 1.77. The summed E-state index contributed by atoms with van der Waals surface area (Å²) in [5.74, 6) is 0.804. The molecule has 0 spiro atoms. The zero-order valence-corrected chi connectivity index (χ0v) is 6.39. The van der Waals surface area contributed by atoms with Gasteiger partial charge in [0.2, 0.25) is 0 Å². The van der Waals surface area contributed by atoms with Crippen molar-refractivity contribution in [2.75, 3.05) is 7.11 Å². The Morgan fingerprint density at radius 2 is 1.90 bits per heavy atom. The molecule has 0 amide bonds. The molecule has 0 unspecified atom stereocenters. The first-order chi connectivity index (χ1) is 4.86. The molecule has 54 valence electrons. The summed E-state index contributed by atoms with van der Waals surface area (Å²) in [6, 6.07) is 7.20. The molecule has 0 heterocycles. The molecule has 2 nitrogen and oxygen atoms in total. The lowest BCUT2D eigenvalue weighted by atomic mass is 10.3. The number of rotatable bonds is 2. The van der Waals surface area contributed by atoms with E-state index in [0.717, 1.165) is 22.7 Å². The van der Waals surface area contributed by atoms with Crippen molar-refractivity contribution in [2.45, 2.75) is 4.90 Å². The van der Waals surface area contributed by atoms with Crippen LogP contribution in [-0.4, -0.2) is 11.7 Å². The van der Waals surface area contributed by atoms with Crippen LogP contribution in [0.4, 0.5) is 0 Å². The zero-order valence-electron chi connectivity index (χ0n) is 5.57. The quantitative estimate of drug-likeness (QED) is 0.666. The van der Waals surface area contributed by atoms with Gasteiger partial charge in [0.1, 0.15) is 5.75 Å². The number of hydrogen-bond donors (Lipinski definition) is 1. The minimum Gasteiger partial charge on any atom is -0.497 e. The Morgan fingerprint density at radius 1 is 1.30 bits per heavy atom. The Morgan fingerprint density at radius 3 is 2.30 bits per heavy atom. The third-order valence-corrected chi connectivity index (χ3v) is 1.65. The van der Waals surface area contributed by atoms with Gasteiger partial charge in [-0.05, 0) is 24.3 Å². The fourth-order valence-corrected chi connectivity index (χ4v) is 0.894. The Kier molecular flexibility index (Phi) is 2.59. The number of benzene rings is 1. The van der Waals surface area contributed by atoms with Crippen LogP contribution in [0.25, 0.3) is 0 Å². The first-order valence-corrected chi connectivity index (χ1v) is 3.59. The first kappa shape index (κ1) is 7.44. The fraction of sp³-hybridized carbons (Fsp3) is 0.143. The smallest absolute Gasteiger partial charge is 0.118 e. The SMILES string of the molecule is COc1ccc(SO)cc1. The lowest BCUT2D eigenvalue weighted by Gasteiger charge is -1.98. The van der Waals surface area contributed by atoms with E-state index in [0.29, 0.717) is 0 Å². The first-order valence-electron chi connectivity index (χ1n) is 2.82. The molecule has 1 rings (SSSR count). The van der Waals surface area contributed by atoms with E-state index in [4.69, 9.17) is 9.29 Å². The molecule has 0 saturated carbocycles. The van der Waals surface area contributed by atoms with E-state index >= 15 is 0 Å². The molecule has 3 heteroatoms. The summed E-state index contributed by atoms with van der Waals surface area (Å²) in [6.07, 6.45) is 0. The van der Waals surface area contributed by atoms with Crippen LogP contribution in [0.2, 0.25) is 0 Å². The lowest BCUT2D eigenvalue weighted by Crippen LogP contribution is -1.80. The summed E-state index contributed by atoms with van der Waals surface area (Å²) in [4.78, 5) is 0.820. The van der Waals surface area contributed by atoms with Crippen LogP contribution in [0, 0.1) is 0 Å². The van der Waals surface area contributed by atoms with Gasteiger partial charge < -0.3 is 9.29 Å². The van der Waals surface area contributed by atoms with Crippen LogP contribution < -0.4 is 4.74 Å². The maximum absolute atomic E-state index is 8.58. The van der Waals surface area contributed by atoms with Crippen molar-refractivity contribution in [3.63, 3.8) is 0 Å². The molecule has 1 aromatic carbocycles. The summed E-state index contributed by atoms with van der Waals surface area (Å²) in [6.45, 7) is 0. The molecule has 10 heavy (non-hydrogen) atoms. The van der Waals surface area contributed by atoms with Gasteiger partial charge in [-0.2, -0.15) is 0 Å². The van der Waals surface area contributed by atoms with Crippen molar-refractivity contribution < 1.29 is 9.29 Å². The summed E-state index contributed by atoms with van der Waals surface area (Å²) in [5.41, 5.74) is 0. The minimum atomic E-state index is 0.732. The second kappa shape index (κ2) is 3.49. The van der Waals surface area contributed by atoms with Gasteiger partial charge in [0, 0.05) is 16.9 Å². The largest absolute Gasteiger partial charge is 0.497 e. The van der Waals surface area contributed by atoms with Crippen LogP contribution in [0.1, 0.15) is 0 Å². The van der Waals surface area contributed by atoms with Crippen LogP contribution in [0.5, 0.6) is 5.75 Å². The molecule has 0 atom stereocenters. The highest BCUT2D eigenvalue weighted by Crippen LogP contribution is 2.17. The van der Waals surface area contributed by atoms with Crippen LogP contribution in [0.15, 0.2) is 29.2 Å². The Bertz CT molecular complexity index is 172. The second-order valence-corrected chi connectivity index (χ2v) is 2.42. The molecule has 1 N–H and O–H groups in total. The monoisotopic (exact) mass is 156 g/mol. The molecule has 0 radical (unpaired) electrons. The van der Waals surface area contributed by atoms with E-state index in [-0.39, 0.29) is 0 Å².